The highest BCUT2D eigenvalue weighted by molar-refractivity contribution is 6.32. The number of hydrogen-bond donors (Lipinski definition) is 1. The minimum absolute atomic E-state index is 0.145. The Bertz CT molecular complexity index is 1470. The van der Waals surface area contributed by atoms with Crippen LogP contribution >= 0.6 is 11.6 Å². The Morgan fingerprint density at radius 2 is 1.75 bits per heavy atom. The Hall–Kier alpha value is -3.96. The fourth-order valence-corrected chi connectivity index (χ4v) is 4.10. The first kappa shape index (κ1) is 20.0. The molecule has 0 atom stereocenters. The lowest BCUT2D eigenvalue weighted by Gasteiger charge is -2.09. The van der Waals surface area contributed by atoms with Crippen LogP contribution in [-0.2, 0) is 6.54 Å². The summed E-state index contributed by atoms with van der Waals surface area (Å²) in [6.45, 7) is 0.730. The second-order valence-corrected chi connectivity index (χ2v) is 7.77. The van der Waals surface area contributed by atoms with Crippen LogP contribution in [0.2, 0.25) is 5.15 Å². The Kier molecular flexibility index (Phi) is 5.40. The molecule has 0 aliphatic carbocycles. The molecule has 6 heteroatoms. The van der Waals surface area contributed by atoms with Gasteiger partial charge in [0.05, 0.1) is 11.8 Å². The number of amides is 1. The number of rotatable bonds is 5. The molecule has 1 amide bonds. The first-order valence-corrected chi connectivity index (χ1v) is 10.6. The van der Waals surface area contributed by atoms with Crippen molar-refractivity contribution < 1.29 is 4.79 Å². The first-order valence-electron chi connectivity index (χ1n) is 10.2. The molecule has 0 unspecified atom stereocenters. The van der Waals surface area contributed by atoms with Crippen molar-refractivity contribution in [2.45, 2.75) is 6.54 Å². The molecule has 5 nitrogen and oxygen atoms in total. The van der Waals surface area contributed by atoms with Crippen LogP contribution in [0.25, 0.3) is 21.7 Å². The van der Waals surface area contributed by atoms with Crippen LogP contribution < -0.4 is 5.43 Å². The molecular weight excluding hydrogens is 420 g/mol. The topological polar surface area (TPSA) is 59.3 Å². The van der Waals surface area contributed by atoms with Gasteiger partial charge < -0.3 is 4.57 Å². The van der Waals surface area contributed by atoms with Crippen molar-refractivity contribution >= 4 is 45.4 Å². The molecule has 0 fully saturated rings. The summed E-state index contributed by atoms with van der Waals surface area (Å²) >= 11 is 5.99. The average Bonchev–Trinajstić information content (AvgIpc) is 3.17. The predicted molar refractivity (Wildman–Crippen MR) is 129 cm³/mol. The molecular formula is C26H19ClN4O. The van der Waals surface area contributed by atoms with Gasteiger partial charge in [-0.05, 0) is 34.5 Å². The zero-order valence-electron chi connectivity index (χ0n) is 17.1. The number of halogens is 1. The van der Waals surface area contributed by atoms with E-state index in [-0.39, 0.29) is 10.7 Å². The van der Waals surface area contributed by atoms with E-state index in [1.807, 2.05) is 12.1 Å². The molecule has 2 aromatic heterocycles. The Morgan fingerprint density at radius 1 is 0.969 bits per heavy atom. The number of para-hydroxylation sites is 1. The van der Waals surface area contributed by atoms with Crippen molar-refractivity contribution in [1.82, 2.24) is 15.0 Å². The average molecular weight is 439 g/mol. The maximum Gasteiger partial charge on any atom is 0.274 e. The molecule has 5 rings (SSSR count). The summed E-state index contributed by atoms with van der Waals surface area (Å²) in [5, 5.41) is 7.82. The van der Waals surface area contributed by atoms with Gasteiger partial charge in [0, 0.05) is 35.4 Å². The van der Waals surface area contributed by atoms with E-state index in [9.17, 15) is 4.79 Å². The minimum atomic E-state index is -0.404. The molecule has 3 aromatic carbocycles. The zero-order valence-corrected chi connectivity index (χ0v) is 17.8. The number of hydrogen-bond acceptors (Lipinski definition) is 3. The number of carbonyl (C=O) groups excluding carboxylic acids is 1. The summed E-state index contributed by atoms with van der Waals surface area (Å²) in [6.07, 6.45) is 5.25. The van der Waals surface area contributed by atoms with Crippen LogP contribution in [0.5, 0.6) is 0 Å². The van der Waals surface area contributed by atoms with Crippen molar-refractivity contribution in [1.29, 1.82) is 0 Å². The maximum absolute atomic E-state index is 12.3. The van der Waals surface area contributed by atoms with Gasteiger partial charge in [0.15, 0.2) is 0 Å². The zero-order chi connectivity index (χ0) is 21.9. The molecule has 0 bridgehead atoms. The highest BCUT2D eigenvalue weighted by Crippen LogP contribution is 2.24. The van der Waals surface area contributed by atoms with Gasteiger partial charge in [-0.2, -0.15) is 5.10 Å². The number of nitrogens with zero attached hydrogens (tertiary/aromatic N) is 3. The molecule has 0 saturated heterocycles. The second-order valence-electron chi connectivity index (χ2n) is 7.41. The van der Waals surface area contributed by atoms with Gasteiger partial charge in [-0.1, -0.05) is 72.3 Å². The van der Waals surface area contributed by atoms with E-state index in [4.69, 9.17) is 11.6 Å². The van der Waals surface area contributed by atoms with Crippen molar-refractivity contribution in [2.75, 3.05) is 0 Å². The summed E-state index contributed by atoms with van der Waals surface area (Å²) in [4.78, 5) is 16.3. The van der Waals surface area contributed by atoms with Crippen LogP contribution in [0, 0.1) is 0 Å². The molecule has 0 radical (unpaired) electrons. The van der Waals surface area contributed by atoms with Gasteiger partial charge in [-0.15, -0.1) is 0 Å². The Labute approximate surface area is 190 Å². The molecule has 1 N–H and O–H groups in total. The molecule has 0 saturated carbocycles. The quantitative estimate of drug-likeness (QED) is 0.219. The number of carbonyl (C=O) groups is 1. The fraction of sp³-hybridized carbons (Fsp3) is 0.0385. The molecule has 32 heavy (non-hydrogen) atoms. The summed E-state index contributed by atoms with van der Waals surface area (Å²) in [5.41, 5.74) is 6.07. The summed E-state index contributed by atoms with van der Waals surface area (Å²) < 4.78 is 2.21. The lowest BCUT2D eigenvalue weighted by Crippen LogP contribution is -2.18. The smallest absolute Gasteiger partial charge is 0.274 e. The Balaban J connectivity index is 1.45. The molecule has 2 heterocycles. The van der Waals surface area contributed by atoms with Crippen LogP contribution in [0.4, 0.5) is 0 Å². The van der Waals surface area contributed by atoms with Crippen LogP contribution in [0.15, 0.2) is 96.4 Å². The van der Waals surface area contributed by atoms with Gasteiger partial charge in [0.2, 0.25) is 0 Å². The van der Waals surface area contributed by atoms with Gasteiger partial charge in [0.25, 0.3) is 5.91 Å². The number of aromatic nitrogens is 2. The van der Waals surface area contributed by atoms with Gasteiger partial charge in [-0.25, -0.2) is 10.4 Å². The number of benzene rings is 3. The van der Waals surface area contributed by atoms with E-state index >= 15 is 0 Å². The van der Waals surface area contributed by atoms with Crippen LogP contribution in [0.3, 0.4) is 0 Å². The van der Waals surface area contributed by atoms with Gasteiger partial charge in [0.1, 0.15) is 5.15 Å². The highest BCUT2D eigenvalue weighted by Gasteiger charge is 2.11. The third kappa shape index (κ3) is 3.86. The monoisotopic (exact) mass is 438 g/mol. The first-order chi connectivity index (χ1) is 15.7. The third-order valence-corrected chi connectivity index (χ3v) is 5.71. The van der Waals surface area contributed by atoms with E-state index in [0.29, 0.717) is 0 Å². The van der Waals surface area contributed by atoms with E-state index < -0.39 is 5.91 Å². The van der Waals surface area contributed by atoms with Crippen molar-refractivity contribution in [3.8, 4) is 0 Å². The summed E-state index contributed by atoms with van der Waals surface area (Å²) in [5.74, 6) is -0.404. The second kappa shape index (κ2) is 8.65. The molecule has 0 spiro atoms. The van der Waals surface area contributed by atoms with Crippen molar-refractivity contribution in [2.24, 2.45) is 5.10 Å². The lowest BCUT2D eigenvalue weighted by atomic mass is 10.0. The third-order valence-electron chi connectivity index (χ3n) is 5.41. The van der Waals surface area contributed by atoms with Gasteiger partial charge >= 0.3 is 0 Å². The number of nitrogens with one attached hydrogen (secondary N) is 1. The molecule has 0 aliphatic heterocycles. The SMILES string of the molecule is O=C(NN=Cc1cn(Cc2cccc3ccccc23)c2ccccc12)c1cccnc1Cl. The number of fused-ring (bicyclic) bond motifs is 2. The van der Waals surface area contributed by atoms with E-state index in [1.165, 1.54) is 22.5 Å². The van der Waals surface area contributed by atoms with E-state index in [0.717, 1.165) is 23.0 Å². The van der Waals surface area contributed by atoms with Gasteiger partial charge in [-0.3, -0.25) is 4.79 Å². The summed E-state index contributed by atoms with van der Waals surface area (Å²) in [7, 11) is 0. The van der Waals surface area contributed by atoms with Crippen molar-refractivity contribution in [3.63, 3.8) is 0 Å². The number of pyridine rings is 1. The predicted octanol–water partition coefficient (Wildman–Crippen LogP) is 5.66. The maximum atomic E-state index is 12.3. The fourth-order valence-electron chi connectivity index (χ4n) is 3.90. The van der Waals surface area contributed by atoms with Crippen LogP contribution in [-0.4, -0.2) is 21.7 Å². The molecule has 5 aromatic rings. The standard InChI is InChI=1S/C26H19ClN4O/c27-25-23(12-6-14-28-25)26(32)30-29-15-20-17-31(24-13-4-3-11-22(20)24)16-19-9-5-8-18-7-1-2-10-21(18)19/h1-15,17H,16H2,(H,30,32). The minimum Gasteiger partial charge on any atom is -0.342 e. The number of hydrazone groups is 1. The Morgan fingerprint density at radius 3 is 2.62 bits per heavy atom. The van der Waals surface area contributed by atoms with E-state index in [1.54, 1.807) is 18.3 Å². The van der Waals surface area contributed by atoms with Crippen LogP contribution in [0.1, 0.15) is 21.5 Å². The highest BCUT2D eigenvalue weighted by atomic mass is 35.5. The molecule has 0 aliphatic rings. The lowest BCUT2D eigenvalue weighted by molar-refractivity contribution is 0.0955. The molecule has 156 valence electrons. The largest absolute Gasteiger partial charge is 0.342 e. The normalized spacial score (nSPS) is 11.4. The summed E-state index contributed by atoms with van der Waals surface area (Å²) in [6, 6.07) is 26.2. The van der Waals surface area contributed by atoms with Crippen molar-refractivity contribution in [3.05, 3.63) is 113 Å². The van der Waals surface area contributed by atoms with E-state index in [2.05, 4.69) is 80.9 Å².